The van der Waals surface area contributed by atoms with Gasteiger partial charge in [0.15, 0.2) is 0 Å². The summed E-state index contributed by atoms with van der Waals surface area (Å²) in [5.41, 5.74) is 0. The Kier molecular flexibility index (Phi) is 59.9. The minimum absolute atomic E-state index is 0.0158. The molecular formula is C65H127NO5. The fraction of sp³-hybridized carbons (Fsp3) is 0.938. The zero-order chi connectivity index (χ0) is 51.4. The molecule has 0 saturated heterocycles. The number of hydrogen-bond donors (Lipinski definition) is 3. The lowest BCUT2D eigenvalue weighted by atomic mass is 10.0. The molecule has 6 nitrogen and oxygen atoms in total. The lowest BCUT2D eigenvalue weighted by Crippen LogP contribution is -2.45. The van der Waals surface area contributed by atoms with Crippen molar-refractivity contribution in [3.05, 3.63) is 12.2 Å². The summed E-state index contributed by atoms with van der Waals surface area (Å²) < 4.78 is 5.48. The largest absolute Gasteiger partial charge is 0.466 e. The van der Waals surface area contributed by atoms with Gasteiger partial charge in [-0.05, 0) is 51.4 Å². The molecule has 0 aliphatic carbocycles. The Labute approximate surface area is 444 Å². The summed E-state index contributed by atoms with van der Waals surface area (Å²) in [4.78, 5) is 24.5. The van der Waals surface area contributed by atoms with Crippen molar-refractivity contribution in [3.8, 4) is 0 Å². The maximum absolute atomic E-state index is 12.5. The van der Waals surface area contributed by atoms with E-state index in [4.69, 9.17) is 4.74 Å². The first-order valence-corrected chi connectivity index (χ1v) is 32.4. The van der Waals surface area contributed by atoms with Crippen molar-refractivity contribution in [1.29, 1.82) is 0 Å². The zero-order valence-corrected chi connectivity index (χ0v) is 48.2. The minimum Gasteiger partial charge on any atom is -0.466 e. The van der Waals surface area contributed by atoms with Gasteiger partial charge in [-0.25, -0.2) is 0 Å². The van der Waals surface area contributed by atoms with Gasteiger partial charge in [-0.2, -0.15) is 0 Å². The summed E-state index contributed by atoms with van der Waals surface area (Å²) in [6, 6.07) is -0.543. The van der Waals surface area contributed by atoms with E-state index in [0.29, 0.717) is 25.9 Å². The fourth-order valence-electron chi connectivity index (χ4n) is 10.3. The number of ether oxygens (including phenoxy) is 1. The van der Waals surface area contributed by atoms with Crippen LogP contribution in [0.3, 0.4) is 0 Å². The predicted octanol–water partition coefficient (Wildman–Crippen LogP) is 20.4. The van der Waals surface area contributed by atoms with Crippen LogP contribution in [0.15, 0.2) is 12.2 Å². The van der Waals surface area contributed by atoms with Gasteiger partial charge in [0.1, 0.15) is 0 Å². The third-order valence-corrected chi connectivity index (χ3v) is 15.3. The average molecular weight is 1000 g/mol. The molecule has 0 radical (unpaired) electrons. The second kappa shape index (κ2) is 61.1. The van der Waals surface area contributed by atoms with E-state index >= 15 is 0 Å². The van der Waals surface area contributed by atoms with Crippen molar-refractivity contribution in [2.24, 2.45) is 0 Å². The number of unbranched alkanes of at least 4 members (excludes halogenated alkanes) is 48. The summed E-state index contributed by atoms with van der Waals surface area (Å²) >= 11 is 0. The highest BCUT2D eigenvalue weighted by Gasteiger charge is 2.20. The summed E-state index contributed by atoms with van der Waals surface area (Å²) in [6.45, 7) is 4.98. The maximum Gasteiger partial charge on any atom is 0.305 e. The summed E-state index contributed by atoms with van der Waals surface area (Å²) in [5, 5.41) is 23.3. The molecule has 0 aliphatic rings. The molecule has 71 heavy (non-hydrogen) atoms. The van der Waals surface area contributed by atoms with E-state index in [2.05, 4.69) is 31.3 Å². The van der Waals surface area contributed by atoms with Crippen LogP contribution in [-0.2, 0) is 14.3 Å². The van der Waals surface area contributed by atoms with E-state index in [-0.39, 0.29) is 18.5 Å². The highest BCUT2D eigenvalue weighted by molar-refractivity contribution is 5.76. The van der Waals surface area contributed by atoms with E-state index in [1.807, 2.05) is 0 Å². The molecule has 0 saturated carbocycles. The molecular weight excluding hydrogens is 875 g/mol. The molecule has 0 aromatic heterocycles. The SMILES string of the molecule is CCCCCCCCCCCCCCCCCCC(O)C(CO)NC(=O)CCCCCCCCCCC/C=C\CCCCCCCCCCCCCCOC(=O)CCCCCCCCCCCCCCC. The van der Waals surface area contributed by atoms with Gasteiger partial charge in [0.25, 0.3) is 0 Å². The third kappa shape index (κ3) is 57.7. The zero-order valence-electron chi connectivity index (χ0n) is 48.2. The predicted molar refractivity (Wildman–Crippen MR) is 310 cm³/mol. The van der Waals surface area contributed by atoms with Crippen LogP contribution in [-0.4, -0.2) is 47.4 Å². The van der Waals surface area contributed by atoms with Crippen molar-refractivity contribution in [1.82, 2.24) is 5.32 Å². The van der Waals surface area contributed by atoms with E-state index in [1.54, 1.807) is 0 Å². The standard InChI is InChI=1S/C65H127NO5/c1-3-5-7-9-11-13-15-17-18-30-34-37-41-45-49-53-57-63(68)62(61-67)66-64(69)58-54-50-46-42-38-35-31-28-26-24-22-20-19-21-23-25-27-29-32-36-40-44-48-52-56-60-71-65(70)59-55-51-47-43-39-33-16-14-12-10-8-6-4-2/h20,22,62-63,67-68H,3-19,21,23-61H2,1-2H3,(H,66,69)/b22-20-. The normalized spacial score (nSPS) is 12.6. The number of esters is 1. The Balaban J connectivity index is 3.38. The highest BCUT2D eigenvalue weighted by Crippen LogP contribution is 2.18. The molecule has 2 unspecified atom stereocenters. The second-order valence-corrected chi connectivity index (χ2v) is 22.5. The summed E-state index contributed by atoms with van der Waals surface area (Å²) in [7, 11) is 0. The topological polar surface area (TPSA) is 95.9 Å². The Hall–Kier alpha value is -1.40. The molecule has 0 fully saturated rings. The first-order chi connectivity index (χ1) is 35.0. The molecule has 1 amide bonds. The van der Waals surface area contributed by atoms with Crippen molar-refractivity contribution in [3.63, 3.8) is 0 Å². The summed E-state index contributed by atoms with van der Waals surface area (Å²) in [5.74, 6) is -0.0192. The Morgan fingerprint density at radius 1 is 0.380 bits per heavy atom. The van der Waals surface area contributed by atoms with Crippen LogP contribution in [0.25, 0.3) is 0 Å². The van der Waals surface area contributed by atoms with Gasteiger partial charge in [-0.15, -0.1) is 0 Å². The Morgan fingerprint density at radius 3 is 1.00 bits per heavy atom. The van der Waals surface area contributed by atoms with Crippen LogP contribution in [0, 0.1) is 0 Å². The van der Waals surface area contributed by atoms with Crippen molar-refractivity contribution in [2.75, 3.05) is 13.2 Å². The van der Waals surface area contributed by atoms with Gasteiger partial charge in [-0.3, -0.25) is 9.59 Å². The van der Waals surface area contributed by atoms with Crippen LogP contribution in [0.1, 0.15) is 367 Å². The summed E-state index contributed by atoms with van der Waals surface area (Å²) in [6.07, 6.45) is 73.7. The number of allylic oxidation sites excluding steroid dienone is 2. The quantitative estimate of drug-likeness (QED) is 0.0320. The number of nitrogens with one attached hydrogen (secondary N) is 1. The molecule has 0 aliphatic heterocycles. The van der Waals surface area contributed by atoms with Gasteiger partial charge < -0.3 is 20.3 Å². The Morgan fingerprint density at radius 2 is 0.662 bits per heavy atom. The molecule has 422 valence electrons. The molecule has 6 heteroatoms. The number of aliphatic hydroxyl groups excluding tert-OH is 2. The monoisotopic (exact) mass is 1000 g/mol. The molecule has 3 N–H and O–H groups in total. The molecule has 0 aromatic rings. The molecule has 0 rings (SSSR count). The first-order valence-electron chi connectivity index (χ1n) is 32.4. The van der Waals surface area contributed by atoms with Gasteiger partial charge >= 0.3 is 5.97 Å². The fourth-order valence-corrected chi connectivity index (χ4v) is 10.3. The van der Waals surface area contributed by atoms with Crippen LogP contribution in [0.5, 0.6) is 0 Å². The van der Waals surface area contributed by atoms with Crippen LogP contribution in [0.4, 0.5) is 0 Å². The van der Waals surface area contributed by atoms with Crippen LogP contribution in [0.2, 0.25) is 0 Å². The Bertz CT molecular complexity index is 1060. The number of carbonyl (C=O) groups is 2. The minimum atomic E-state index is -0.665. The van der Waals surface area contributed by atoms with Gasteiger partial charge in [-0.1, -0.05) is 315 Å². The molecule has 0 spiro atoms. The molecule has 0 aromatic carbocycles. The smallest absolute Gasteiger partial charge is 0.305 e. The lowest BCUT2D eigenvalue weighted by molar-refractivity contribution is -0.143. The second-order valence-electron chi connectivity index (χ2n) is 22.5. The number of amides is 1. The first kappa shape index (κ1) is 69.6. The van der Waals surface area contributed by atoms with E-state index in [1.165, 1.54) is 295 Å². The average Bonchev–Trinajstić information content (AvgIpc) is 3.37. The van der Waals surface area contributed by atoms with E-state index in [0.717, 1.165) is 38.5 Å². The van der Waals surface area contributed by atoms with Gasteiger partial charge in [0, 0.05) is 12.8 Å². The number of carbonyl (C=O) groups excluding carboxylic acids is 2. The number of aliphatic hydroxyl groups is 2. The van der Waals surface area contributed by atoms with E-state index < -0.39 is 12.1 Å². The molecule has 2 atom stereocenters. The van der Waals surface area contributed by atoms with Gasteiger partial charge in [0.2, 0.25) is 5.91 Å². The molecule has 0 heterocycles. The molecule has 0 bridgehead atoms. The van der Waals surface area contributed by atoms with Gasteiger partial charge in [0.05, 0.1) is 25.4 Å². The van der Waals surface area contributed by atoms with Crippen LogP contribution >= 0.6 is 0 Å². The van der Waals surface area contributed by atoms with Crippen LogP contribution < -0.4 is 5.32 Å². The van der Waals surface area contributed by atoms with E-state index in [9.17, 15) is 19.8 Å². The van der Waals surface area contributed by atoms with Crippen molar-refractivity contribution >= 4 is 11.9 Å². The number of rotatable bonds is 61. The maximum atomic E-state index is 12.5. The van der Waals surface area contributed by atoms with Crippen molar-refractivity contribution < 1.29 is 24.5 Å². The third-order valence-electron chi connectivity index (χ3n) is 15.3. The lowest BCUT2D eigenvalue weighted by Gasteiger charge is -2.22. The highest BCUT2D eigenvalue weighted by atomic mass is 16.5. The van der Waals surface area contributed by atoms with Crippen molar-refractivity contribution in [2.45, 2.75) is 379 Å². The number of hydrogen-bond acceptors (Lipinski definition) is 5.